The van der Waals surface area contributed by atoms with Gasteiger partial charge in [0, 0.05) is 6.42 Å². The zero-order valence-electron chi connectivity index (χ0n) is 51.6. The number of rotatable bonds is 35. The molecule has 1 unspecified atom stereocenters. The van der Waals surface area contributed by atoms with Crippen LogP contribution in [-0.2, 0) is 12.8 Å². The minimum Gasteiger partial charge on any atom is -0.154 e. The molecule has 6 rings (SSSR count). The minimum absolute atomic E-state index is 0.473. The fourth-order valence-electron chi connectivity index (χ4n) is 16.2. The molecule has 0 aliphatic heterocycles. The van der Waals surface area contributed by atoms with Crippen LogP contribution in [0.1, 0.15) is 178 Å². The molecule has 1 aliphatic rings. The molecule has 5 aromatic rings. The Morgan fingerprint density at radius 3 is 1.00 bits per heavy atom. The lowest BCUT2D eigenvalue weighted by Crippen LogP contribution is -2.50. The summed E-state index contributed by atoms with van der Waals surface area (Å²) in [5.41, 5.74) is 3.63. The van der Waals surface area contributed by atoms with Gasteiger partial charge in [-0.15, -0.1) is 0 Å². The monoisotopic (exact) mass is 1140 g/mol. The largest absolute Gasteiger partial charge is 0.154 e. The molecule has 5 aromatic carbocycles. The van der Waals surface area contributed by atoms with E-state index in [4.69, 9.17) is 4.86 Å². The zero-order valence-corrected chi connectivity index (χ0v) is 57.4. The van der Waals surface area contributed by atoms with Gasteiger partial charge in [0.15, 0.2) is 7.41 Å². The maximum Gasteiger partial charge on any atom is 0.153 e. The van der Waals surface area contributed by atoms with Crippen LogP contribution in [0.2, 0.25) is 72.5 Å². The van der Waals surface area contributed by atoms with Gasteiger partial charge in [-0.25, -0.2) is 0 Å². The van der Waals surface area contributed by atoms with Gasteiger partial charge in [-0.1, -0.05) is 350 Å². The average Bonchev–Trinajstić information content (AvgIpc) is 3.44. The van der Waals surface area contributed by atoms with Crippen LogP contribution in [0.3, 0.4) is 0 Å². The second-order valence-corrected chi connectivity index (χ2v) is 48.9. The Kier molecular flexibility index (Phi) is 26.0. The molecule has 0 bridgehead atoms. The van der Waals surface area contributed by atoms with Gasteiger partial charge in [0.05, 0.1) is 46.0 Å². The molecular weight excluding hydrogens is 1030 g/mol. The van der Waals surface area contributed by atoms with Crippen LogP contribution in [0.15, 0.2) is 121 Å². The summed E-state index contributed by atoms with van der Waals surface area (Å²) in [6.45, 7) is 29.5. The SMILES string of the molecule is CCC[Si](CCC)(CCC)c1ccc([P+](NP(c2cccc([Si](CCC)(CCC)CCC)c2)c2cccc([Si](CCC)(CCC)CCC)c2)(c2ccc([Si](CCC)(CCC)CCC)cc2)C2CCc3ccccc3C2)cc1. The van der Waals surface area contributed by atoms with Crippen molar-refractivity contribution in [3.05, 3.63) is 132 Å². The third-order valence-corrected chi connectivity index (χ3v) is 50.2. The van der Waals surface area contributed by atoms with E-state index in [1.54, 1.807) is 53.1 Å². The number of hydrogen-bond acceptors (Lipinski definition) is 1. The Morgan fingerprint density at radius 2 is 0.675 bits per heavy atom. The summed E-state index contributed by atoms with van der Waals surface area (Å²) in [7, 11) is -10.3. The highest BCUT2D eigenvalue weighted by Gasteiger charge is 2.54. The number of hydrogen-bond donors (Lipinski definition) is 1. The van der Waals surface area contributed by atoms with E-state index in [1.165, 1.54) is 156 Å². The van der Waals surface area contributed by atoms with Crippen molar-refractivity contribution in [1.82, 2.24) is 4.86 Å². The molecule has 0 heterocycles. The first kappa shape index (κ1) is 64.0. The van der Waals surface area contributed by atoms with Crippen LogP contribution in [0.4, 0.5) is 0 Å². The zero-order chi connectivity index (χ0) is 55.4. The van der Waals surface area contributed by atoms with E-state index in [0.717, 1.165) is 12.8 Å². The standard InChI is InChI=1S/C70H112NP2Si4/c1-13-45-74(46-14-2,47-15-3)67-41-37-64(38-42-67)73(66-36-35-60-29-25-26-30-61(60)57-66,65-39-43-68(44-40-65)75(48-16-4,49-17-5)50-18-6)71-72(62-31-27-33-69(58-62)76(51-19-7,52-20-8)53-21-9)63-32-28-34-70(59-63)77(54-22-10,55-23-11)56-24-12/h25-34,37-44,58-59,66,71H,13-24,35-36,45-57H2,1-12H3/q+1. The Balaban J connectivity index is 1.76. The fraction of sp³-hybridized carbons (Fsp3) is 0.571. The molecule has 422 valence electrons. The second-order valence-electron chi connectivity index (χ2n) is 24.6. The van der Waals surface area contributed by atoms with Gasteiger partial charge in [0.25, 0.3) is 0 Å². The van der Waals surface area contributed by atoms with E-state index < -0.39 is 47.8 Å². The highest BCUT2D eigenvalue weighted by Crippen LogP contribution is 2.64. The van der Waals surface area contributed by atoms with Crippen molar-refractivity contribution in [3.63, 3.8) is 0 Å². The van der Waals surface area contributed by atoms with Crippen LogP contribution in [-0.4, -0.2) is 38.0 Å². The minimum atomic E-state index is -2.41. The lowest BCUT2D eigenvalue weighted by Gasteiger charge is -2.41. The van der Waals surface area contributed by atoms with Gasteiger partial charge in [-0.3, -0.25) is 0 Å². The molecule has 1 nitrogen and oxygen atoms in total. The summed E-state index contributed by atoms with van der Waals surface area (Å²) in [4.78, 5) is 5.18. The van der Waals surface area contributed by atoms with Crippen molar-refractivity contribution in [2.75, 3.05) is 0 Å². The number of fused-ring (bicyclic) bond motifs is 1. The van der Waals surface area contributed by atoms with Crippen molar-refractivity contribution in [2.45, 2.75) is 258 Å². The second kappa shape index (κ2) is 31.3. The van der Waals surface area contributed by atoms with Gasteiger partial charge >= 0.3 is 0 Å². The molecule has 0 saturated heterocycles. The summed E-state index contributed by atoms with van der Waals surface area (Å²) in [5, 5.41) is 13.2. The Labute approximate surface area is 481 Å². The van der Waals surface area contributed by atoms with E-state index in [1.807, 2.05) is 0 Å². The highest BCUT2D eigenvalue weighted by atomic mass is 31.2. The van der Waals surface area contributed by atoms with E-state index >= 15 is 0 Å². The first-order chi connectivity index (χ1) is 37.5. The highest BCUT2D eigenvalue weighted by molar-refractivity contribution is 7.96. The molecule has 0 saturated carbocycles. The van der Waals surface area contributed by atoms with Gasteiger partial charge in [-0.05, 0) is 58.8 Å². The van der Waals surface area contributed by atoms with Crippen LogP contribution in [0, 0.1) is 0 Å². The maximum absolute atomic E-state index is 5.18. The summed E-state index contributed by atoms with van der Waals surface area (Å²) in [5.74, 6) is 0. The molecule has 77 heavy (non-hydrogen) atoms. The number of benzene rings is 5. The van der Waals surface area contributed by atoms with Crippen molar-refractivity contribution < 1.29 is 0 Å². The number of aryl methyl sites for hydroxylation is 1. The van der Waals surface area contributed by atoms with Gasteiger partial charge in [-0.2, -0.15) is 4.86 Å². The van der Waals surface area contributed by atoms with E-state index in [2.05, 4.69) is 204 Å². The van der Waals surface area contributed by atoms with Crippen LogP contribution in [0.25, 0.3) is 0 Å². The topological polar surface area (TPSA) is 12.0 Å². The summed E-state index contributed by atoms with van der Waals surface area (Å²) >= 11 is 0. The van der Waals surface area contributed by atoms with Crippen LogP contribution in [0.5, 0.6) is 0 Å². The van der Waals surface area contributed by atoms with E-state index in [9.17, 15) is 0 Å². The average molecular weight is 1140 g/mol. The number of nitrogens with one attached hydrogen (secondary N) is 1. The fourth-order valence-corrected chi connectivity index (χ4v) is 46.4. The Hall–Kier alpha value is -2.21. The third-order valence-electron chi connectivity index (χ3n) is 19.1. The van der Waals surface area contributed by atoms with E-state index in [-0.39, 0.29) is 0 Å². The van der Waals surface area contributed by atoms with Crippen molar-refractivity contribution >= 4 is 89.7 Å². The van der Waals surface area contributed by atoms with E-state index in [0.29, 0.717) is 5.66 Å². The van der Waals surface area contributed by atoms with Crippen LogP contribution >= 0.6 is 15.5 Å². The summed E-state index contributed by atoms with van der Waals surface area (Å²) in [6.07, 6.45) is 18.9. The molecule has 1 N–H and O–H groups in total. The molecule has 0 radical (unpaired) electrons. The normalized spacial score (nSPS) is 14.6. The molecule has 1 atom stereocenters. The predicted octanol–water partition coefficient (Wildman–Crippen LogP) is 18.3. The molecule has 0 spiro atoms. The summed E-state index contributed by atoms with van der Waals surface area (Å²) in [6, 6.07) is 69.5. The molecule has 0 fully saturated rings. The van der Waals surface area contributed by atoms with Gasteiger partial charge < -0.3 is 0 Å². The summed E-state index contributed by atoms with van der Waals surface area (Å²) < 4.78 is 0. The Morgan fingerprint density at radius 1 is 0.364 bits per heavy atom. The molecule has 0 aromatic heterocycles. The third kappa shape index (κ3) is 14.7. The first-order valence-corrected chi connectivity index (χ1v) is 46.1. The quantitative estimate of drug-likeness (QED) is 0.0315. The van der Waals surface area contributed by atoms with Gasteiger partial charge in [0.1, 0.15) is 10.6 Å². The van der Waals surface area contributed by atoms with Crippen molar-refractivity contribution in [2.24, 2.45) is 0 Å². The molecule has 7 heteroatoms. The van der Waals surface area contributed by atoms with Crippen molar-refractivity contribution in [3.8, 4) is 0 Å². The maximum atomic E-state index is 5.18. The van der Waals surface area contributed by atoms with Crippen molar-refractivity contribution in [1.29, 1.82) is 0 Å². The smallest absolute Gasteiger partial charge is 0.153 e. The first-order valence-electron chi connectivity index (χ1n) is 32.5. The molecular formula is C70H112NP2Si4+. The lowest BCUT2D eigenvalue weighted by atomic mass is 9.91. The van der Waals surface area contributed by atoms with Gasteiger partial charge in [0.2, 0.25) is 0 Å². The van der Waals surface area contributed by atoms with Crippen LogP contribution < -0.4 is 46.8 Å². The Bertz CT molecular complexity index is 2280. The molecule has 1 aliphatic carbocycles. The predicted molar refractivity (Wildman–Crippen MR) is 366 cm³/mol. The lowest BCUT2D eigenvalue weighted by molar-refractivity contribution is 0.690. The molecule has 0 amide bonds.